The number of H-pyrrole nitrogens is 1. The first-order chi connectivity index (χ1) is 30.4. The number of nitrogen functional groups attached to an aromatic ring is 1. The van der Waals surface area contributed by atoms with Gasteiger partial charge in [0.15, 0.2) is 0 Å². The van der Waals surface area contributed by atoms with E-state index in [1.807, 2.05) is 36.4 Å². The van der Waals surface area contributed by atoms with Gasteiger partial charge in [0, 0.05) is 35.0 Å². The van der Waals surface area contributed by atoms with Crippen LogP contribution in [-0.4, -0.2) is 64.4 Å². The van der Waals surface area contributed by atoms with Crippen molar-refractivity contribution in [3.05, 3.63) is 96.3 Å². The molecule has 0 saturated heterocycles. The van der Waals surface area contributed by atoms with Gasteiger partial charge in [-0.15, -0.1) is 0 Å². The Hall–Kier alpha value is -4.64. The second kappa shape index (κ2) is 20.9. The van der Waals surface area contributed by atoms with Gasteiger partial charge in [-0.25, -0.2) is 4.98 Å². The summed E-state index contributed by atoms with van der Waals surface area (Å²) in [5.74, 6) is -1.06. The van der Waals surface area contributed by atoms with Crippen molar-refractivity contribution >= 4 is 11.8 Å². The molecule has 7 rings (SSSR count). The lowest BCUT2D eigenvalue weighted by molar-refractivity contribution is -0.146. The molecule has 10 nitrogen and oxygen atoms in total. The summed E-state index contributed by atoms with van der Waals surface area (Å²) >= 11 is 0. The number of nitrogens with one attached hydrogen (secondary N) is 1. The molecule has 0 spiro atoms. The number of hydrogen-bond acceptors (Lipinski definition) is 8. The van der Waals surface area contributed by atoms with E-state index in [-0.39, 0.29) is 53.6 Å². The van der Waals surface area contributed by atoms with Gasteiger partial charge in [0.05, 0.1) is 29.4 Å². The molecule has 3 aliphatic rings. The maximum absolute atomic E-state index is 13.0. The highest BCUT2D eigenvalue weighted by Gasteiger charge is 2.54. The normalized spacial score (nSPS) is 25.3. The molecule has 8 atom stereocenters. The van der Waals surface area contributed by atoms with Crippen LogP contribution in [0.3, 0.4) is 0 Å². The Balaban J connectivity index is 1.07. The van der Waals surface area contributed by atoms with E-state index in [1.54, 1.807) is 18.3 Å². The topological polar surface area (TPSA) is 193 Å². The number of anilines is 1. The fraction of sp³-hybridized carbons (Fsp3) is 0.547. The number of aliphatic hydroxyl groups is 3. The number of carboxylic acids is 1. The molecule has 4 aromatic rings. The Kier molecular flexibility index (Phi) is 15.4. The Morgan fingerprint density at radius 3 is 2.33 bits per heavy atom. The van der Waals surface area contributed by atoms with Crippen LogP contribution < -0.4 is 5.73 Å². The van der Waals surface area contributed by atoms with Crippen molar-refractivity contribution in [2.75, 3.05) is 5.73 Å². The minimum Gasteiger partial charge on any atom is -0.508 e. The van der Waals surface area contributed by atoms with Crippen LogP contribution >= 0.6 is 0 Å². The second-order valence-corrected chi connectivity index (χ2v) is 19.5. The lowest BCUT2D eigenvalue weighted by Crippen LogP contribution is -2.38. The number of aromatic nitrogens is 2. The van der Waals surface area contributed by atoms with Crippen LogP contribution in [0.15, 0.2) is 85.1 Å². The van der Waals surface area contributed by atoms with E-state index in [9.17, 15) is 35.4 Å². The molecule has 63 heavy (non-hydrogen) atoms. The molecule has 0 aliphatic heterocycles. The zero-order chi connectivity index (χ0) is 44.6. The number of allylic oxidation sites excluding steroid dienone is 1. The van der Waals surface area contributed by atoms with Crippen molar-refractivity contribution in [1.82, 2.24) is 9.97 Å². The number of nitrogens with zero attached hydrogens (tertiary/aromatic N) is 1. The summed E-state index contributed by atoms with van der Waals surface area (Å²) in [6, 6.07) is 20.7. The van der Waals surface area contributed by atoms with Crippen LogP contribution in [-0.2, 0) is 16.6 Å². The lowest BCUT2D eigenvalue weighted by atomic mass is 9.67. The van der Waals surface area contributed by atoms with E-state index in [4.69, 9.17) is 5.73 Å². The number of hydrogen-bond donors (Lipinski definition) is 8. The van der Waals surface area contributed by atoms with Gasteiger partial charge in [0.25, 0.3) is 0 Å². The summed E-state index contributed by atoms with van der Waals surface area (Å²) in [5.41, 5.74) is 10.2. The summed E-state index contributed by atoms with van der Waals surface area (Å²) in [4.78, 5) is 20.6. The molecule has 0 unspecified atom stereocenters. The van der Waals surface area contributed by atoms with Crippen molar-refractivity contribution in [2.45, 2.75) is 152 Å². The number of phenolic OH excluding ortho intramolecular Hbond substituents is 2. The van der Waals surface area contributed by atoms with Gasteiger partial charge < -0.3 is 41.4 Å². The Bertz CT molecular complexity index is 2110. The number of carbonyl (C=O) groups is 1. The molecule has 3 aliphatic carbocycles. The average Bonchev–Trinajstić information content (AvgIpc) is 4.01. The van der Waals surface area contributed by atoms with Crippen molar-refractivity contribution in [1.29, 1.82) is 0 Å². The van der Waals surface area contributed by atoms with Crippen molar-refractivity contribution in [3.8, 4) is 33.9 Å². The number of aliphatic carboxylic acids is 1. The first kappa shape index (κ1) is 46.4. The number of pyridine rings is 1. The van der Waals surface area contributed by atoms with Gasteiger partial charge >= 0.3 is 5.97 Å². The fourth-order valence-electron chi connectivity index (χ4n) is 11.8. The largest absolute Gasteiger partial charge is 0.508 e. The molecule has 2 fully saturated rings. The Labute approximate surface area is 373 Å². The first-order valence-corrected chi connectivity index (χ1v) is 23.9. The van der Waals surface area contributed by atoms with E-state index in [0.717, 1.165) is 92.3 Å². The summed E-state index contributed by atoms with van der Waals surface area (Å²) in [6.45, 7) is 2.21. The van der Waals surface area contributed by atoms with Gasteiger partial charge in [0.2, 0.25) is 0 Å². The number of phenols is 2. The van der Waals surface area contributed by atoms with Gasteiger partial charge in [-0.2, -0.15) is 0 Å². The molecule has 2 aromatic carbocycles. The van der Waals surface area contributed by atoms with Crippen molar-refractivity contribution in [3.63, 3.8) is 0 Å². The van der Waals surface area contributed by atoms with Crippen LogP contribution in [0.2, 0.25) is 0 Å². The molecule has 0 bridgehead atoms. The highest BCUT2D eigenvalue weighted by molar-refractivity contribution is 5.83. The minimum atomic E-state index is -1.19. The third-order valence-corrected chi connectivity index (χ3v) is 15.2. The number of unbranched alkanes of at least 4 members (excludes halogenated alkanes) is 4. The number of carboxylic acid groups (broad SMARTS) is 1. The van der Waals surface area contributed by atoms with Crippen LogP contribution in [0.25, 0.3) is 22.4 Å². The van der Waals surface area contributed by atoms with Gasteiger partial charge in [-0.1, -0.05) is 101 Å². The third kappa shape index (κ3) is 11.2. The molecule has 2 heterocycles. The van der Waals surface area contributed by atoms with Crippen molar-refractivity contribution in [2.24, 2.45) is 29.6 Å². The van der Waals surface area contributed by atoms with E-state index >= 15 is 0 Å². The molecule has 340 valence electrons. The lowest BCUT2D eigenvalue weighted by Gasteiger charge is -2.37. The maximum atomic E-state index is 13.0. The Morgan fingerprint density at radius 2 is 1.63 bits per heavy atom. The summed E-state index contributed by atoms with van der Waals surface area (Å²) < 4.78 is 0. The molecular formula is C53H71N3O7. The number of aliphatic hydroxyl groups excluding tert-OH is 2. The van der Waals surface area contributed by atoms with Crippen LogP contribution in [0.1, 0.15) is 134 Å². The summed E-state index contributed by atoms with van der Waals surface area (Å²) in [5, 5.41) is 66.6. The van der Waals surface area contributed by atoms with E-state index in [1.165, 1.54) is 25.3 Å². The predicted molar refractivity (Wildman–Crippen MR) is 249 cm³/mol. The number of aromatic hydroxyl groups is 2. The number of benzene rings is 2. The van der Waals surface area contributed by atoms with Crippen LogP contribution in [0.5, 0.6) is 11.5 Å². The Morgan fingerprint density at radius 1 is 0.889 bits per heavy atom. The molecule has 9 N–H and O–H groups in total. The van der Waals surface area contributed by atoms with Crippen molar-refractivity contribution < 1.29 is 35.4 Å². The molecule has 10 heteroatoms. The summed E-state index contributed by atoms with van der Waals surface area (Å²) in [7, 11) is 0. The van der Waals surface area contributed by atoms with Gasteiger partial charge in [0.1, 0.15) is 17.3 Å². The average molecular weight is 862 g/mol. The summed E-state index contributed by atoms with van der Waals surface area (Å²) in [6.07, 6.45) is 20.3. The number of nitrogens with two attached hydrogens (primary N) is 1. The smallest absolute Gasteiger partial charge is 0.309 e. The standard InChI is InChI=1S/C53H71N3O7/c1-2-3-6-13-35-18-19-37(48(60)26-35)16-9-5-10-17-45(51(61)62)47(59)20-24-53(63)34-41(52(22-11-12-23-52)39-21-25-55-49(54)31-39)29-40(53)30-42-32-46(36-14-7-4-8-15-36)50(56-42)38-27-43(57)33-44(58)28-38/h4,7-8,14-15,18-19,21,25,27-28,31-33,35,37,40-41,45,47-48,56-60,63H,2-3,5-6,9-13,16-17,20,22-24,26,29-30,34H2,1H3,(H2,54,55)(H,61,62)/t35-,37-,40+,41-,45+,47-,48-,53+/m1/s1. The van der Waals surface area contributed by atoms with E-state index < -0.39 is 23.6 Å². The second-order valence-electron chi connectivity index (χ2n) is 19.5. The molecule has 2 aromatic heterocycles. The number of aromatic amines is 1. The van der Waals surface area contributed by atoms with Crippen LogP contribution in [0, 0.1) is 29.6 Å². The van der Waals surface area contributed by atoms with Gasteiger partial charge in [-0.3, -0.25) is 4.79 Å². The zero-order valence-electron chi connectivity index (χ0n) is 37.2. The monoisotopic (exact) mass is 862 g/mol. The van der Waals surface area contributed by atoms with E-state index in [0.29, 0.717) is 43.0 Å². The van der Waals surface area contributed by atoms with Crippen LogP contribution in [0.4, 0.5) is 5.82 Å². The third-order valence-electron chi connectivity index (χ3n) is 15.2. The first-order valence-electron chi connectivity index (χ1n) is 23.9. The zero-order valence-corrected chi connectivity index (χ0v) is 37.2. The fourth-order valence-corrected chi connectivity index (χ4v) is 11.8. The maximum Gasteiger partial charge on any atom is 0.309 e. The molecule has 0 amide bonds. The van der Waals surface area contributed by atoms with E-state index in [2.05, 4.69) is 41.2 Å². The quantitative estimate of drug-likeness (QED) is 0.0297. The molecule has 2 saturated carbocycles. The minimum absolute atomic E-state index is 0.0483. The highest BCUT2D eigenvalue weighted by atomic mass is 16.4. The van der Waals surface area contributed by atoms with Gasteiger partial charge in [-0.05, 0) is 135 Å². The molecule has 0 radical (unpaired) electrons. The molecular weight excluding hydrogens is 791 g/mol. The highest BCUT2D eigenvalue weighted by Crippen LogP contribution is 2.57. The predicted octanol–water partition coefficient (Wildman–Crippen LogP) is 10.5. The number of rotatable bonds is 21. The SMILES string of the molecule is CCCCC[C@@H]1C=C[C@@H](CCCCC[C@H](C(=O)O)[C@H](O)CC[C@]2(O)C[C@H](C3(c4ccnc(N)c4)CCCC3)C[C@H]2Cc2cc(-c3ccccc3)c(-c3cc(O)cc(O)c3)[nH]2)[C@H](O)C1.